The maximum absolute atomic E-state index is 9.17. The molecule has 0 heteroatoms. The summed E-state index contributed by atoms with van der Waals surface area (Å²) >= 11 is 0. The molecule has 0 aliphatic carbocycles. The van der Waals surface area contributed by atoms with Gasteiger partial charge in [-0.25, -0.2) is 0 Å². The van der Waals surface area contributed by atoms with Gasteiger partial charge in [0.2, 0.25) is 0 Å². The summed E-state index contributed by atoms with van der Waals surface area (Å²) in [6, 6.07) is 36.3. The van der Waals surface area contributed by atoms with Crippen LogP contribution in [0, 0.1) is 0 Å². The molecular weight excluding hydrogens is 480 g/mol. The standard InChI is InChI=1S/C40H26/c1-2-14-29-26-30(25-24-27(29)12-1)32-17-5-6-18-33(32)39-35-19-7-9-21-37(35)40(38-22-10-8-20-36(38)39)34-23-11-15-28-13-3-4-16-31(28)34/h1-26H/i3D,4D,11D,13D,15D,16D,23D. The molecule has 8 rings (SSSR count). The van der Waals surface area contributed by atoms with E-state index in [-0.39, 0.29) is 46.5 Å². The van der Waals surface area contributed by atoms with Crippen LogP contribution in [0.3, 0.4) is 0 Å². The molecule has 0 saturated carbocycles. The molecule has 0 N–H and O–H groups in total. The number of hydrogen-bond donors (Lipinski definition) is 0. The van der Waals surface area contributed by atoms with Crippen LogP contribution in [0.2, 0.25) is 0 Å². The van der Waals surface area contributed by atoms with E-state index in [0.717, 1.165) is 54.6 Å². The highest BCUT2D eigenvalue weighted by molar-refractivity contribution is 6.24. The average Bonchev–Trinajstić information content (AvgIpc) is 3.11. The summed E-state index contributed by atoms with van der Waals surface area (Å²) in [4.78, 5) is 0. The molecule has 0 radical (unpaired) electrons. The van der Waals surface area contributed by atoms with E-state index < -0.39 is 12.1 Å². The van der Waals surface area contributed by atoms with Crippen LogP contribution in [0.4, 0.5) is 0 Å². The molecule has 0 amide bonds. The van der Waals surface area contributed by atoms with Crippen molar-refractivity contribution in [2.75, 3.05) is 0 Å². The summed E-state index contributed by atoms with van der Waals surface area (Å²) in [5.74, 6) is 0. The van der Waals surface area contributed by atoms with Gasteiger partial charge in [0.05, 0.1) is 9.60 Å². The third kappa shape index (κ3) is 3.54. The molecule has 0 heterocycles. The molecule has 0 nitrogen and oxygen atoms in total. The number of rotatable bonds is 3. The van der Waals surface area contributed by atoms with Gasteiger partial charge < -0.3 is 0 Å². The van der Waals surface area contributed by atoms with Gasteiger partial charge in [-0.3, -0.25) is 0 Å². The van der Waals surface area contributed by atoms with E-state index in [1.165, 1.54) is 0 Å². The van der Waals surface area contributed by atoms with Crippen molar-refractivity contribution in [3.63, 3.8) is 0 Å². The lowest BCUT2D eigenvalue weighted by Gasteiger charge is -2.20. The maximum atomic E-state index is 9.17. The number of hydrogen-bond acceptors (Lipinski definition) is 0. The van der Waals surface area contributed by atoms with Crippen molar-refractivity contribution in [2.45, 2.75) is 0 Å². The summed E-state index contributed by atoms with van der Waals surface area (Å²) < 4.78 is 61.0. The van der Waals surface area contributed by atoms with Gasteiger partial charge in [-0.05, 0) is 82.5 Å². The first-order valence-electron chi connectivity index (χ1n) is 16.8. The first kappa shape index (κ1) is 16.7. The highest BCUT2D eigenvalue weighted by Crippen LogP contribution is 2.47. The summed E-state index contributed by atoms with van der Waals surface area (Å²) in [6.07, 6.45) is 0. The summed E-state index contributed by atoms with van der Waals surface area (Å²) in [6.45, 7) is 0. The van der Waals surface area contributed by atoms with E-state index in [1.807, 2.05) is 72.8 Å². The van der Waals surface area contributed by atoms with Gasteiger partial charge in [0, 0.05) is 0 Å². The minimum absolute atomic E-state index is 0.0501. The molecular formula is C40H26. The van der Waals surface area contributed by atoms with Gasteiger partial charge in [0.15, 0.2) is 0 Å². The van der Waals surface area contributed by atoms with Crippen LogP contribution >= 0.6 is 0 Å². The van der Waals surface area contributed by atoms with Crippen LogP contribution in [0.1, 0.15) is 9.60 Å². The molecule has 0 spiro atoms. The molecule has 0 atom stereocenters. The number of benzene rings is 8. The van der Waals surface area contributed by atoms with Gasteiger partial charge in [0.1, 0.15) is 0 Å². The minimum atomic E-state index is -0.463. The molecule has 0 aliphatic rings. The van der Waals surface area contributed by atoms with E-state index in [2.05, 4.69) is 42.5 Å². The molecule has 0 unspecified atom stereocenters. The van der Waals surface area contributed by atoms with Gasteiger partial charge >= 0.3 is 0 Å². The van der Waals surface area contributed by atoms with E-state index in [0.29, 0.717) is 5.56 Å². The van der Waals surface area contributed by atoms with E-state index in [4.69, 9.17) is 9.60 Å². The molecule has 8 aromatic carbocycles. The summed E-state index contributed by atoms with van der Waals surface area (Å²) in [5.41, 5.74) is 5.02. The molecule has 0 bridgehead atoms. The van der Waals surface area contributed by atoms with Crippen molar-refractivity contribution in [3.05, 3.63) is 158 Å². The van der Waals surface area contributed by atoms with Crippen molar-refractivity contribution in [3.8, 4) is 33.4 Å². The van der Waals surface area contributed by atoms with E-state index in [1.54, 1.807) is 0 Å². The SMILES string of the molecule is [2H]c1c([2H])c([2H])c2c(-c3c4ccccc4c(-c4ccccc4-c4ccc5ccccc5c4)c4ccccc34)c([2H])c([2H])c([2H])c2c1[2H]. The second-order valence-electron chi connectivity index (χ2n) is 9.95. The molecule has 0 saturated heterocycles. The second kappa shape index (κ2) is 9.22. The normalized spacial score (nSPS) is 13.9. The van der Waals surface area contributed by atoms with Gasteiger partial charge in [-0.1, -0.05) is 151 Å². The van der Waals surface area contributed by atoms with Crippen LogP contribution in [-0.4, -0.2) is 0 Å². The third-order valence-electron chi connectivity index (χ3n) is 7.75. The predicted molar refractivity (Wildman–Crippen MR) is 173 cm³/mol. The third-order valence-corrected chi connectivity index (χ3v) is 7.75. The topological polar surface area (TPSA) is 0 Å². The Morgan fingerprint density at radius 1 is 0.350 bits per heavy atom. The Morgan fingerprint density at radius 3 is 1.62 bits per heavy atom. The molecule has 0 aliphatic heterocycles. The smallest absolute Gasteiger partial charge is 0.0616 e. The minimum Gasteiger partial charge on any atom is -0.0616 e. The van der Waals surface area contributed by atoms with Gasteiger partial charge in [-0.15, -0.1) is 0 Å². The Labute approximate surface area is 243 Å². The van der Waals surface area contributed by atoms with Crippen molar-refractivity contribution in [2.24, 2.45) is 0 Å². The van der Waals surface area contributed by atoms with Crippen LogP contribution in [0.5, 0.6) is 0 Å². The number of fused-ring (bicyclic) bond motifs is 4. The van der Waals surface area contributed by atoms with E-state index in [9.17, 15) is 0 Å². The second-order valence-corrected chi connectivity index (χ2v) is 9.95. The zero-order chi connectivity index (χ0) is 32.6. The summed E-state index contributed by atoms with van der Waals surface area (Å²) in [5, 5.41) is 5.73. The fourth-order valence-electron chi connectivity index (χ4n) is 6.00. The Kier molecular flexibility index (Phi) is 3.85. The monoisotopic (exact) mass is 513 g/mol. The first-order valence-corrected chi connectivity index (χ1v) is 13.3. The largest absolute Gasteiger partial charge is 0.0629 e. The molecule has 0 aromatic heterocycles. The maximum Gasteiger partial charge on any atom is 0.0629 e. The quantitative estimate of drug-likeness (QED) is 0.206. The lowest BCUT2D eigenvalue weighted by molar-refractivity contribution is 1.62. The van der Waals surface area contributed by atoms with Gasteiger partial charge in [0.25, 0.3) is 0 Å². The zero-order valence-electron chi connectivity index (χ0n) is 28.5. The molecule has 186 valence electrons. The van der Waals surface area contributed by atoms with Crippen LogP contribution < -0.4 is 0 Å². The Morgan fingerprint density at radius 2 is 0.900 bits per heavy atom. The van der Waals surface area contributed by atoms with Crippen LogP contribution in [-0.2, 0) is 0 Å². The highest BCUT2D eigenvalue weighted by Gasteiger charge is 2.19. The first-order chi connectivity index (χ1) is 22.8. The lowest BCUT2D eigenvalue weighted by Crippen LogP contribution is -1.93. The fraction of sp³-hybridized carbons (Fsp3) is 0. The van der Waals surface area contributed by atoms with Crippen molar-refractivity contribution >= 4 is 43.1 Å². The molecule has 0 fully saturated rings. The summed E-state index contributed by atoms with van der Waals surface area (Å²) in [7, 11) is 0. The van der Waals surface area contributed by atoms with Gasteiger partial charge in [-0.2, -0.15) is 0 Å². The molecule has 8 aromatic rings. The Balaban J connectivity index is 1.54. The van der Waals surface area contributed by atoms with Crippen LogP contribution in [0.25, 0.3) is 76.5 Å². The Bertz CT molecular complexity index is 2540. The zero-order valence-corrected chi connectivity index (χ0v) is 21.5. The van der Waals surface area contributed by atoms with Crippen molar-refractivity contribution < 1.29 is 9.60 Å². The molecule has 40 heavy (non-hydrogen) atoms. The average molecular weight is 514 g/mol. The Hall–Kier alpha value is -5.20. The van der Waals surface area contributed by atoms with Crippen molar-refractivity contribution in [1.29, 1.82) is 0 Å². The van der Waals surface area contributed by atoms with Crippen LogP contribution in [0.15, 0.2) is 158 Å². The predicted octanol–water partition coefficient (Wildman–Crippen LogP) is 11.3. The van der Waals surface area contributed by atoms with E-state index >= 15 is 0 Å². The highest BCUT2D eigenvalue weighted by atomic mass is 14.2. The van der Waals surface area contributed by atoms with Crippen molar-refractivity contribution in [1.82, 2.24) is 0 Å². The lowest BCUT2D eigenvalue weighted by atomic mass is 9.83. The fourth-order valence-corrected chi connectivity index (χ4v) is 6.00.